The number of esters is 2. The number of benzene rings is 4. The third kappa shape index (κ3) is 6.98. The molecule has 0 bridgehead atoms. The predicted molar refractivity (Wildman–Crippen MR) is 186 cm³/mol. The van der Waals surface area contributed by atoms with Gasteiger partial charge in [-0.1, -0.05) is 48.5 Å². The average Bonchev–Trinajstić information content (AvgIpc) is 2.92. The van der Waals surface area contributed by atoms with Crippen LogP contribution in [0.1, 0.15) is 102 Å². The summed E-state index contributed by atoms with van der Waals surface area (Å²) >= 11 is 0. The van der Waals surface area contributed by atoms with Gasteiger partial charge in [-0.3, -0.25) is 0 Å². The van der Waals surface area contributed by atoms with Crippen molar-refractivity contribution in [2.45, 2.75) is 115 Å². The lowest BCUT2D eigenvalue weighted by Crippen LogP contribution is -2.59. The molecule has 0 radical (unpaired) electrons. The van der Waals surface area contributed by atoms with Crippen LogP contribution in [0.25, 0.3) is 32.7 Å². The van der Waals surface area contributed by atoms with Crippen molar-refractivity contribution in [2.75, 3.05) is 0 Å². The van der Waals surface area contributed by atoms with E-state index in [-0.39, 0.29) is 46.3 Å². The molecule has 6 rings (SSSR count). The smallest absolute Gasteiger partial charge is 0.339 e. The van der Waals surface area contributed by atoms with Crippen molar-refractivity contribution in [3.63, 3.8) is 0 Å². The van der Waals surface area contributed by atoms with Crippen molar-refractivity contribution in [3.8, 4) is 11.1 Å². The molecule has 0 amide bonds. The molecule has 2 aliphatic heterocycles. The number of piperidine rings is 2. The molecule has 2 aliphatic rings. The maximum Gasteiger partial charge on any atom is 0.339 e. The Bertz CT molecular complexity index is 1780. The summed E-state index contributed by atoms with van der Waals surface area (Å²) in [7, 11) is 0. The number of nitrogens with one attached hydrogen (secondary N) is 2. The second-order valence-corrected chi connectivity index (χ2v) is 16.1. The molecule has 6 heteroatoms. The van der Waals surface area contributed by atoms with Gasteiger partial charge in [0.1, 0.15) is 12.2 Å². The van der Waals surface area contributed by atoms with Gasteiger partial charge in [-0.05, 0) is 107 Å². The number of fused-ring (bicyclic) bond motifs is 2. The van der Waals surface area contributed by atoms with Crippen LogP contribution in [-0.2, 0) is 9.47 Å². The van der Waals surface area contributed by atoms with E-state index in [2.05, 4.69) is 90.3 Å². The van der Waals surface area contributed by atoms with Crippen molar-refractivity contribution in [1.29, 1.82) is 0 Å². The van der Waals surface area contributed by atoms with Gasteiger partial charge in [0.05, 0.1) is 11.1 Å². The molecule has 2 saturated heterocycles. The van der Waals surface area contributed by atoms with Gasteiger partial charge in [0, 0.05) is 53.2 Å². The highest BCUT2D eigenvalue weighted by Gasteiger charge is 2.40. The normalized spacial score (nSPS) is 20.8. The van der Waals surface area contributed by atoms with Crippen LogP contribution in [0.15, 0.2) is 72.8 Å². The summed E-state index contributed by atoms with van der Waals surface area (Å²) in [5.41, 5.74) is 2.52. The van der Waals surface area contributed by atoms with Crippen LogP contribution in [0.5, 0.6) is 0 Å². The molecule has 0 spiro atoms. The first-order valence-corrected chi connectivity index (χ1v) is 16.5. The number of rotatable bonds is 5. The molecule has 0 saturated carbocycles. The number of hydrogen-bond donors (Lipinski definition) is 2. The van der Waals surface area contributed by atoms with Gasteiger partial charge >= 0.3 is 11.9 Å². The average molecular weight is 621 g/mol. The van der Waals surface area contributed by atoms with Crippen LogP contribution in [0.2, 0.25) is 0 Å². The maximum absolute atomic E-state index is 13.8. The van der Waals surface area contributed by atoms with Gasteiger partial charge in [-0.2, -0.15) is 0 Å². The van der Waals surface area contributed by atoms with Crippen LogP contribution in [0.4, 0.5) is 0 Å². The van der Waals surface area contributed by atoms with Gasteiger partial charge in [-0.25, -0.2) is 9.59 Å². The summed E-state index contributed by atoms with van der Waals surface area (Å²) in [6, 6.07) is 23.9. The highest BCUT2D eigenvalue weighted by atomic mass is 16.5. The Morgan fingerprint density at radius 1 is 0.587 bits per heavy atom. The van der Waals surface area contributed by atoms with E-state index in [9.17, 15) is 9.59 Å². The number of hydrogen-bond acceptors (Lipinski definition) is 6. The number of ether oxygens (including phenoxy) is 2. The lowest BCUT2D eigenvalue weighted by atomic mass is 9.81. The summed E-state index contributed by atoms with van der Waals surface area (Å²) in [4.78, 5) is 27.2. The molecule has 4 aromatic rings. The molecule has 0 unspecified atom stereocenters. The minimum atomic E-state index is -0.301. The van der Waals surface area contributed by atoms with Gasteiger partial charge in [-0.15, -0.1) is 0 Å². The Labute approximate surface area is 273 Å². The van der Waals surface area contributed by atoms with E-state index in [0.717, 1.165) is 58.4 Å². The largest absolute Gasteiger partial charge is 0.459 e. The van der Waals surface area contributed by atoms with E-state index in [0.29, 0.717) is 11.1 Å². The van der Waals surface area contributed by atoms with Crippen LogP contribution in [-0.4, -0.2) is 46.3 Å². The van der Waals surface area contributed by atoms with E-state index < -0.39 is 0 Å². The molecule has 242 valence electrons. The first kappa shape index (κ1) is 32.2. The Morgan fingerprint density at radius 2 is 1.11 bits per heavy atom. The molecule has 0 aromatic heterocycles. The fraction of sp³-hybridized carbons (Fsp3) is 0.450. The van der Waals surface area contributed by atoms with Crippen LogP contribution in [0, 0.1) is 0 Å². The predicted octanol–water partition coefficient (Wildman–Crippen LogP) is 8.59. The molecule has 0 aliphatic carbocycles. The van der Waals surface area contributed by atoms with E-state index >= 15 is 0 Å². The molecular formula is C40H48N2O4. The van der Waals surface area contributed by atoms with Crippen molar-refractivity contribution < 1.29 is 19.1 Å². The third-order valence-corrected chi connectivity index (χ3v) is 9.36. The lowest BCUT2D eigenvalue weighted by molar-refractivity contribution is -0.00756. The fourth-order valence-corrected chi connectivity index (χ4v) is 8.35. The Hall–Kier alpha value is -3.74. The second kappa shape index (κ2) is 11.5. The zero-order valence-corrected chi connectivity index (χ0v) is 28.5. The minimum absolute atomic E-state index is 0.116. The highest BCUT2D eigenvalue weighted by molar-refractivity contribution is 6.11. The third-order valence-electron chi connectivity index (χ3n) is 9.36. The monoisotopic (exact) mass is 620 g/mol. The van der Waals surface area contributed by atoms with E-state index in [1.54, 1.807) is 0 Å². The Balaban J connectivity index is 1.30. The van der Waals surface area contributed by atoms with Crippen LogP contribution >= 0.6 is 0 Å². The Morgan fingerprint density at radius 3 is 1.70 bits per heavy atom. The molecule has 2 heterocycles. The standard InChI is InChI=1S/C40H48N2O4/c1-37(2)21-30(22-38(3,4)41-37)45-35(43)28-18-16-25-15-17-27(19-29(25)20-28)32-13-9-11-26-12-10-14-33(34(26)32)36(44)46-31-23-39(5,6)42-40(7,8)24-31/h9-20,30-31,41-42H,21-24H2,1-8H3. The summed E-state index contributed by atoms with van der Waals surface area (Å²) in [6.07, 6.45) is 2.70. The van der Waals surface area contributed by atoms with Crippen LogP contribution < -0.4 is 10.6 Å². The lowest BCUT2D eigenvalue weighted by Gasteiger charge is -2.45. The van der Waals surface area contributed by atoms with E-state index in [1.807, 2.05) is 48.5 Å². The van der Waals surface area contributed by atoms with E-state index in [4.69, 9.17) is 9.47 Å². The van der Waals surface area contributed by atoms with Gasteiger partial charge < -0.3 is 20.1 Å². The fourth-order valence-electron chi connectivity index (χ4n) is 8.35. The molecule has 4 aromatic carbocycles. The quantitative estimate of drug-likeness (QED) is 0.218. The maximum atomic E-state index is 13.8. The zero-order valence-electron chi connectivity index (χ0n) is 28.5. The van der Waals surface area contributed by atoms with Gasteiger partial charge in [0.2, 0.25) is 0 Å². The van der Waals surface area contributed by atoms with Gasteiger partial charge in [0.15, 0.2) is 0 Å². The summed E-state index contributed by atoms with van der Waals surface area (Å²) < 4.78 is 12.3. The van der Waals surface area contributed by atoms with Crippen LogP contribution in [0.3, 0.4) is 0 Å². The molecular weight excluding hydrogens is 572 g/mol. The first-order valence-electron chi connectivity index (χ1n) is 16.5. The SMILES string of the molecule is CC1(C)CC(OC(=O)c2ccc3ccc(-c4cccc5cccc(C(=O)OC6CC(C)(C)NC(C)(C)C6)c45)cc3c2)CC(C)(C)N1. The second-order valence-electron chi connectivity index (χ2n) is 16.1. The molecule has 0 atom stereocenters. The van der Waals surface area contributed by atoms with Crippen molar-refractivity contribution in [2.24, 2.45) is 0 Å². The number of carbonyl (C=O) groups excluding carboxylic acids is 2. The molecule has 46 heavy (non-hydrogen) atoms. The molecule has 2 N–H and O–H groups in total. The topological polar surface area (TPSA) is 76.7 Å². The van der Waals surface area contributed by atoms with Crippen molar-refractivity contribution in [1.82, 2.24) is 10.6 Å². The Kier molecular flexibility index (Phi) is 8.05. The van der Waals surface area contributed by atoms with E-state index in [1.165, 1.54) is 0 Å². The zero-order chi connectivity index (χ0) is 33.1. The van der Waals surface area contributed by atoms with Gasteiger partial charge in [0.25, 0.3) is 0 Å². The summed E-state index contributed by atoms with van der Waals surface area (Å²) in [5.74, 6) is -0.600. The summed E-state index contributed by atoms with van der Waals surface area (Å²) in [5, 5.41) is 11.1. The first-order chi connectivity index (χ1) is 21.5. The van der Waals surface area contributed by atoms with Crippen molar-refractivity contribution in [3.05, 3.63) is 83.9 Å². The minimum Gasteiger partial charge on any atom is -0.459 e. The highest BCUT2D eigenvalue weighted by Crippen LogP contribution is 2.36. The number of carbonyl (C=O) groups is 2. The molecule has 2 fully saturated rings. The molecule has 6 nitrogen and oxygen atoms in total. The summed E-state index contributed by atoms with van der Waals surface area (Å²) in [6.45, 7) is 17.2. The van der Waals surface area contributed by atoms with Crippen molar-refractivity contribution >= 4 is 33.5 Å².